The maximum Gasteiger partial charge on any atom is 0.123 e. The Morgan fingerprint density at radius 3 is 2.75 bits per heavy atom. The molecule has 1 atom stereocenters. The molecule has 4 heteroatoms. The van der Waals surface area contributed by atoms with Crippen molar-refractivity contribution in [1.82, 2.24) is 4.98 Å². The van der Waals surface area contributed by atoms with Crippen LogP contribution in [-0.2, 0) is 0 Å². The first-order valence-corrected chi connectivity index (χ1v) is 5.89. The van der Waals surface area contributed by atoms with E-state index in [1.54, 1.807) is 17.4 Å². The molecule has 2 rings (SSSR count). The number of nitrogens with two attached hydrogens (primary N) is 1. The third-order valence-corrected chi connectivity index (χ3v) is 3.32. The molecule has 1 aromatic heterocycles. The lowest BCUT2D eigenvalue weighted by atomic mass is 10.00. The van der Waals surface area contributed by atoms with Crippen molar-refractivity contribution in [3.63, 3.8) is 0 Å². The van der Waals surface area contributed by atoms with E-state index in [1.807, 2.05) is 19.2 Å². The zero-order valence-electron chi connectivity index (χ0n) is 9.20. The predicted molar refractivity (Wildman–Crippen MR) is 64.0 cm³/mol. The summed E-state index contributed by atoms with van der Waals surface area (Å²) in [5.41, 5.74) is 8.66. The van der Waals surface area contributed by atoms with E-state index in [-0.39, 0.29) is 11.9 Å². The second-order valence-corrected chi connectivity index (χ2v) is 4.83. The monoisotopic (exact) mass is 236 g/mol. The van der Waals surface area contributed by atoms with E-state index in [0.717, 1.165) is 21.8 Å². The van der Waals surface area contributed by atoms with Crippen molar-refractivity contribution in [1.29, 1.82) is 0 Å². The van der Waals surface area contributed by atoms with Crippen molar-refractivity contribution in [3.8, 4) is 0 Å². The highest BCUT2D eigenvalue weighted by Gasteiger charge is 2.14. The van der Waals surface area contributed by atoms with Crippen LogP contribution >= 0.6 is 11.3 Å². The maximum atomic E-state index is 13.2. The molecule has 16 heavy (non-hydrogen) atoms. The van der Waals surface area contributed by atoms with Gasteiger partial charge in [0.05, 0.1) is 16.7 Å². The molecule has 0 fully saturated rings. The van der Waals surface area contributed by atoms with Crippen LogP contribution in [0.25, 0.3) is 0 Å². The molecule has 1 heterocycles. The summed E-state index contributed by atoms with van der Waals surface area (Å²) in [6, 6.07) is 4.32. The summed E-state index contributed by atoms with van der Waals surface area (Å²) in [7, 11) is 0. The molecule has 0 aliphatic carbocycles. The van der Waals surface area contributed by atoms with E-state index in [4.69, 9.17) is 5.73 Å². The van der Waals surface area contributed by atoms with Crippen LogP contribution in [0.5, 0.6) is 0 Å². The molecule has 0 aliphatic rings. The fourth-order valence-corrected chi connectivity index (χ4v) is 2.28. The van der Waals surface area contributed by atoms with E-state index in [9.17, 15) is 4.39 Å². The summed E-state index contributed by atoms with van der Waals surface area (Å²) in [6.45, 7) is 3.85. The predicted octanol–water partition coefficient (Wildman–Crippen LogP) is 2.95. The van der Waals surface area contributed by atoms with Crippen molar-refractivity contribution in [3.05, 3.63) is 51.2 Å². The molecule has 2 aromatic rings. The second-order valence-electron chi connectivity index (χ2n) is 3.77. The summed E-state index contributed by atoms with van der Waals surface area (Å²) >= 11 is 1.55. The van der Waals surface area contributed by atoms with Crippen LogP contribution in [0.15, 0.2) is 23.6 Å². The van der Waals surface area contributed by atoms with Crippen LogP contribution in [-0.4, -0.2) is 4.98 Å². The number of hydrogen-bond acceptors (Lipinski definition) is 3. The van der Waals surface area contributed by atoms with Gasteiger partial charge in [-0.2, -0.15) is 0 Å². The van der Waals surface area contributed by atoms with Crippen LogP contribution in [0.2, 0.25) is 0 Å². The molecule has 0 bridgehead atoms. The Balaban J connectivity index is 2.40. The lowest BCUT2D eigenvalue weighted by Crippen LogP contribution is -2.14. The summed E-state index contributed by atoms with van der Waals surface area (Å²) in [6.07, 6.45) is 0. The number of aryl methyl sites for hydroxylation is 2. The van der Waals surface area contributed by atoms with Gasteiger partial charge in [-0.05, 0) is 37.1 Å². The molecule has 0 spiro atoms. The van der Waals surface area contributed by atoms with Crippen LogP contribution in [0, 0.1) is 19.7 Å². The average Bonchev–Trinajstić information content (AvgIpc) is 2.67. The van der Waals surface area contributed by atoms with Gasteiger partial charge in [0.1, 0.15) is 5.82 Å². The molecule has 0 saturated carbocycles. The Morgan fingerprint density at radius 2 is 2.12 bits per heavy atom. The molecular weight excluding hydrogens is 223 g/mol. The third-order valence-electron chi connectivity index (χ3n) is 2.53. The van der Waals surface area contributed by atoms with Gasteiger partial charge in [0, 0.05) is 5.38 Å². The highest BCUT2D eigenvalue weighted by Crippen LogP contribution is 2.24. The number of aromatic nitrogens is 1. The summed E-state index contributed by atoms with van der Waals surface area (Å²) in [5.74, 6) is -0.261. The first kappa shape index (κ1) is 11.2. The fourth-order valence-electron chi connectivity index (χ4n) is 1.63. The number of benzene rings is 1. The smallest absolute Gasteiger partial charge is 0.123 e. The van der Waals surface area contributed by atoms with E-state index in [1.165, 1.54) is 12.1 Å². The summed E-state index contributed by atoms with van der Waals surface area (Å²) in [4.78, 5) is 4.33. The molecule has 0 saturated heterocycles. The van der Waals surface area contributed by atoms with E-state index in [2.05, 4.69) is 4.98 Å². The molecule has 0 amide bonds. The standard InChI is InChI=1S/C12H13FN2S/c1-7-3-4-9(13)5-10(7)12(14)11-6-16-8(2)15-11/h3-6,12H,14H2,1-2H3. The van der Waals surface area contributed by atoms with Gasteiger partial charge in [-0.3, -0.25) is 0 Å². The Morgan fingerprint density at radius 1 is 1.38 bits per heavy atom. The number of thiazole rings is 1. The van der Waals surface area contributed by atoms with Gasteiger partial charge >= 0.3 is 0 Å². The Hall–Kier alpha value is -1.26. The van der Waals surface area contributed by atoms with E-state index >= 15 is 0 Å². The van der Waals surface area contributed by atoms with Crippen molar-refractivity contribution in [2.45, 2.75) is 19.9 Å². The largest absolute Gasteiger partial charge is 0.319 e. The molecule has 2 nitrogen and oxygen atoms in total. The second kappa shape index (κ2) is 4.31. The highest BCUT2D eigenvalue weighted by molar-refractivity contribution is 7.09. The van der Waals surface area contributed by atoms with Crippen LogP contribution < -0.4 is 5.73 Å². The van der Waals surface area contributed by atoms with Crippen molar-refractivity contribution in [2.24, 2.45) is 5.73 Å². The Kier molecular flexibility index (Phi) is 3.03. The normalized spacial score (nSPS) is 12.8. The first-order chi connectivity index (χ1) is 7.58. The van der Waals surface area contributed by atoms with Gasteiger partial charge in [-0.25, -0.2) is 9.37 Å². The molecule has 2 N–H and O–H groups in total. The lowest BCUT2D eigenvalue weighted by molar-refractivity contribution is 0.622. The minimum atomic E-state index is -0.347. The Bertz CT molecular complexity index is 507. The number of rotatable bonds is 2. The van der Waals surface area contributed by atoms with Gasteiger partial charge < -0.3 is 5.73 Å². The third kappa shape index (κ3) is 2.13. The first-order valence-electron chi connectivity index (χ1n) is 5.01. The maximum absolute atomic E-state index is 13.2. The molecule has 0 aliphatic heterocycles. The average molecular weight is 236 g/mol. The van der Waals surface area contributed by atoms with Crippen molar-refractivity contribution >= 4 is 11.3 Å². The zero-order chi connectivity index (χ0) is 11.7. The van der Waals surface area contributed by atoms with Crippen molar-refractivity contribution in [2.75, 3.05) is 0 Å². The van der Waals surface area contributed by atoms with Crippen molar-refractivity contribution < 1.29 is 4.39 Å². The highest BCUT2D eigenvalue weighted by atomic mass is 32.1. The number of halogens is 1. The minimum absolute atomic E-state index is 0.261. The minimum Gasteiger partial charge on any atom is -0.319 e. The van der Waals surface area contributed by atoms with E-state index in [0.29, 0.717) is 0 Å². The SMILES string of the molecule is Cc1nc(C(N)c2cc(F)ccc2C)cs1. The van der Waals surface area contributed by atoms with Gasteiger partial charge in [-0.15, -0.1) is 11.3 Å². The summed E-state index contributed by atoms with van der Waals surface area (Å²) < 4.78 is 13.2. The molecular formula is C12H13FN2S. The molecule has 1 aromatic carbocycles. The van der Waals surface area contributed by atoms with Crippen LogP contribution in [0.1, 0.15) is 27.9 Å². The number of nitrogens with zero attached hydrogens (tertiary/aromatic N) is 1. The lowest BCUT2D eigenvalue weighted by Gasteiger charge is -2.12. The van der Waals surface area contributed by atoms with Gasteiger partial charge in [0.25, 0.3) is 0 Å². The van der Waals surface area contributed by atoms with Crippen LogP contribution in [0.3, 0.4) is 0 Å². The topological polar surface area (TPSA) is 38.9 Å². The van der Waals surface area contributed by atoms with Gasteiger partial charge in [0.2, 0.25) is 0 Å². The van der Waals surface area contributed by atoms with Crippen LogP contribution in [0.4, 0.5) is 4.39 Å². The molecule has 84 valence electrons. The van der Waals surface area contributed by atoms with Gasteiger partial charge in [-0.1, -0.05) is 6.07 Å². The Labute approximate surface area is 97.9 Å². The fraction of sp³-hybridized carbons (Fsp3) is 0.250. The molecule has 0 radical (unpaired) electrons. The number of hydrogen-bond donors (Lipinski definition) is 1. The quantitative estimate of drug-likeness (QED) is 0.870. The molecule has 1 unspecified atom stereocenters. The summed E-state index contributed by atoms with van der Waals surface area (Å²) in [5, 5.41) is 2.89. The van der Waals surface area contributed by atoms with E-state index < -0.39 is 0 Å². The van der Waals surface area contributed by atoms with Gasteiger partial charge in [0.15, 0.2) is 0 Å². The zero-order valence-corrected chi connectivity index (χ0v) is 10.0.